The van der Waals surface area contributed by atoms with E-state index in [1.54, 1.807) is 18.3 Å². The molecule has 0 aliphatic carbocycles. The molecule has 1 rings (SSSR count). The molecule has 0 amide bonds. The molecule has 0 aromatic carbocycles. The fourth-order valence-corrected chi connectivity index (χ4v) is 2.48. The van der Waals surface area contributed by atoms with Crippen molar-refractivity contribution in [2.75, 3.05) is 19.0 Å². The van der Waals surface area contributed by atoms with Crippen LogP contribution in [0.15, 0.2) is 9.85 Å². The highest BCUT2D eigenvalue weighted by Gasteiger charge is 2.12. The number of ketones is 1. The van der Waals surface area contributed by atoms with Gasteiger partial charge < -0.3 is 4.90 Å². The van der Waals surface area contributed by atoms with Crippen LogP contribution in [0.2, 0.25) is 0 Å². The van der Waals surface area contributed by atoms with E-state index in [0.29, 0.717) is 0 Å². The van der Waals surface area contributed by atoms with Gasteiger partial charge >= 0.3 is 0 Å². The van der Waals surface area contributed by atoms with Gasteiger partial charge in [-0.25, -0.2) is 0 Å². The lowest BCUT2D eigenvalue weighted by atomic mass is 10.2. The summed E-state index contributed by atoms with van der Waals surface area (Å²) in [6, 6.07) is 1.86. The van der Waals surface area contributed by atoms with Crippen LogP contribution in [0.4, 0.5) is 5.00 Å². The number of nitrogens with zero attached hydrogens (tertiary/aromatic N) is 1. The monoisotopic (exact) mass is 247 g/mol. The zero-order valence-corrected chi connectivity index (χ0v) is 9.62. The van der Waals surface area contributed by atoms with E-state index in [0.717, 1.165) is 14.4 Å². The van der Waals surface area contributed by atoms with Gasteiger partial charge in [0.15, 0.2) is 5.78 Å². The molecule has 0 saturated carbocycles. The van der Waals surface area contributed by atoms with Crippen LogP contribution in [0, 0.1) is 0 Å². The van der Waals surface area contributed by atoms with Crippen LogP contribution in [0.25, 0.3) is 0 Å². The molecule has 0 radical (unpaired) electrons. The van der Waals surface area contributed by atoms with Gasteiger partial charge in [0.1, 0.15) is 5.00 Å². The molecule has 0 fully saturated rings. The van der Waals surface area contributed by atoms with E-state index < -0.39 is 0 Å². The average Bonchev–Trinajstić information content (AvgIpc) is 2.31. The smallest absolute Gasteiger partial charge is 0.162 e. The number of rotatable bonds is 2. The lowest BCUT2D eigenvalue weighted by Crippen LogP contribution is -2.09. The Morgan fingerprint density at radius 1 is 1.58 bits per heavy atom. The number of carbonyl (C=O) groups excluding carboxylic acids is 1. The number of thiophene rings is 1. The third-order valence-corrected chi connectivity index (χ3v) is 3.27. The standard InChI is InChI=1S/C8H10BrNOS/c1-5(11)6-4-7(9)12-8(6)10(2)3/h4H,1-3H3. The number of carbonyl (C=O) groups is 1. The van der Waals surface area contributed by atoms with Crippen molar-refractivity contribution in [3.63, 3.8) is 0 Å². The molecule has 0 aliphatic heterocycles. The summed E-state index contributed by atoms with van der Waals surface area (Å²) in [6.07, 6.45) is 0. The minimum Gasteiger partial charge on any atom is -0.369 e. The molecule has 66 valence electrons. The lowest BCUT2D eigenvalue weighted by Gasteiger charge is -2.10. The zero-order chi connectivity index (χ0) is 9.30. The number of Topliss-reactive ketones (excluding diaryl/α,β-unsaturated/α-hetero) is 1. The van der Waals surface area contributed by atoms with Crippen LogP contribution in [-0.4, -0.2) is 19.9 Å². The summed E-state index contributed by atoms with van der Waals surface area (Å²) in [5, 5.41) is 1.01. The predicted molar refractivity (Wildman–Crippen MR) is 56.4 cm³/mol. The molecule has 1 heterocycles. The highest BCUT2D eigenvalue weighted by molar-refractivity contribution is 9.11. The molecule has 1 aromatic heterocycles. The summed E-state index contributed by atoms with van der Waals surface area (Å²) in [4.78, 5) is 13.1. The van der Waals surface area contributed by atoms with E-state index in [1.165, 1.54) is 0 Å². The van der Waals surface area contributed by atoms with Gasteiger partial charge in [-0.05, 0) is 28.9 Å². The van der Waals surface area contributed by atoms with Gasteiger partial charge in [0.05, 0.1) is 9.35 Å². The average molecular weight is 248 g/mol. The van der Waals surface area contributed by atoms with E-state index in [-0.39, 0.29) is 5.78 Å². The van der Waals surface area contributed by atoms with Crippen molar-refractivity contribution >= 4 is 38.1 Å². The molecule has 0 bridgehead atoms. The molecular formula is C8H10BrNOS. The van der Waals surface area contributed by atoms with Crippen LogP contribution in [0.3, 0.4) is 0 Å². The number of anilines is 1. The number of hydrogen-bond donors (Lipinski definition) is 0. The maximum Gasteiger partial charge on any atom is 0.162 e. The van der Waals surface area contributed by atoms with Crippen molar-refractivity contribution in [2.24, 2.45) is 0 Å². The van der Waals surface area contributed by atoms with Gasteiger partial charge in [-0.2, -0.15) is 0 Å². The van der Waals surface area contributed by atoms with E-state index >= 15 is 0 Å². The van der Waals surface area contributed by atoms with E-state index in [4.69, 9.17) is 0 Å². The topological polar surface area (TPSA) is 20.3 Å². The Hall–Kier alpha value is -0.350. The predicted octanol–water partition coefficient (Wildman–Crippen LogP) is 2.78. The Morgan fingerprint density at radius 3 is 2.50 bits per heavy atom. The first kappa shape index (κ1) is 9.74. The maximum absolute atomic E-state index is 11.1. The minimum absolute atomic E-state index is 0.112. The van der Waals surface area contributed by atoms with Crippen LogP contribution < -0.4 is 4.90 Å². The summed E-state index contributed by atoms with van der Waals surface area (Å²) in [5.41, 5.74) is 0.789. The second kappa shape index (κ2) is 3.58. The third-order valence-electron chi connectivity index (χ3n) is 1.47. The van der Waals surface area contributed by atoms with Gasteiger partial charge in [-0.3, -0.25) is 4.79 Å². The highest BCUT2D eigenvalue weighted by Crippen LogP contribution is 2.33. The van der Waals surface area contributed by atoms with E-state index in [1.807, 2.05) is 25.1 Å². The molecule has 0 N–H and O–H groups in total. The summed E-state index contributed by atoms with van der Waals surface area (Å²) in [5.74, 6) is 0.112. The summed E-state index contributed by atoms with van der Waals surface area (Å²) >= 11 is 4.93. The molecular weight excluding hydrogens is 238 g/mol. The van der Waals surface area contributed by atoms with Crippen molar-refractivity contribution in [2.45, 2.75) is 6.92 Å². The molecule has 0 saturated heterocycles. The molecule has 2 nitrogen and oxygen atoms in total. The maximum atomic E-state index is 11.1. The van der Waals surface area contributed by atoms with Gasteiger partial charge in [-0.15, -0.1) is 11.3 Å². The summed E-state index contributed by atoms with van der Waals surface area (Å²) in [7, 11) is 3.87. The first-order valence-corrected chi connectivity index (χ1v) is 5.11. The second-order valence-corrected chi connectivity index (χ2v) is 5.13. The quantitative estimate of drug-likeness (QED) is 0.750. The zero-order valence-electron chi connectivity index (χ0n) is 7.22. The van der Waals surface area contributed by atoms with Crippen LogP contribution >= 0.6 is 27.3 Å². The van der Waals surface area contributed by atoms with Crippen molar-refractivity contribution < 1.29 is 4.79 Å². The SMILES string of the molecule is CC(=O)c1cc(Br)sc1N(C)C. The molecule has 0 unspecified atom stereocenters. The van der Waals surface area contributed by atoms with Gasteiger partial charge in [0.25, 0.3) is 0 Å². The van der Waals surface area contributed by atoms with Crippen LogP contribution in [-0.2, 0) is 0 Å². The first-order valence-electron chi connectivity index (χ1n) is 3.50. The van der Waals surface area contributed by atoms with Crippen molar-refractivity contribution in [1.82, 2.24) is 0 Å². The Bertz CT molecular complexity index is 306. The van der Waals surface area contributed by atoms with Crippen molar-refractivity contribution in [3.8, 4) is 0 Å². The van der Waals surface area contributed by atoms with Gasteiger partial charge in [0.2, 0.25) is 0 Å². The van der Waals surface area contributed by atoms with Crippen LogP contribution in [0.1, 0.15) is 17.3 Å². The fraction of sp³-hybridized carbons (Fsp3) is 0.375. The summed E-state index contributed by atoms with van der Waals surface area (Å²) < 4.78 is 0.997. The Labute approximate surface area is 84.3 Å². The number of halogens is 1. The lowest BCUT2D eigenvalue weighted by molar-refractivity contribution is 0.101. The van der Waals surface area contributed by atoms with Gasteiger partial charge in [0, 0.05) is 14.1 Å². The van der Waals surface area contributed by atoms with Crippen molar-refractivity contribution in [3.05, 3.63) is 15.4 Å². The highest BCUT2D eigenvalue weighted by atomic mass is 79.9. The van der Waals surface area contributed by atoms with Crippen molar-refractivity contribution in [1.29, 1.82) is 0 Å². The first-order chi connectivity index (χ1) is 5.52. The molecule has 1 aromatic rings. The Morgan fingerprint density at radius 2 is 2.17 bits per heavy atom. The van der Waals surface area contributed by atoms with Crippen LogP contribution in [0.5, 0.6) is 0 Å². The van der Waals surface area contributed by atoms with E-state index in [2.05, 4.69) is 15.9 Å². The molecule has 0 spiro atoms. The Balaban J connectivity index is 3.17. The van der Waals surface area contributed by atoms with E-state index in [9.17, 15) is 4.79 Å². The fourth-order valence-electron chi connectivity index (χ4n) is 0.936. The minimum atomic E-state index is 0.112. The number of hydrogen-bond acceptors (Lipinski definition) is 3. The normalized spacial score (nSPS) is 10.0. The molecule has 4 heteroatoms. The third kappa shape index (κ3) is 1.87. The molecule has 12 heavy (non-hydrogen) atoms. The molecule has 0 atom stereocenters. The largest absolute Gasteiger partial charge is 0.369 e. The second-order valence-electron chi connectivity index (χ2n) is 2.72. The van der Waals surface area contributed by atoms with Gasteiger partial charge in [-0.1, -0.05) is 0 Å². The Kier molecular flexibility index (Phi) is 2.90. The molecule has 0 aliphatic rings. The summed E-state index contributed by atoms with van der Waals surface area (Å²) in [6.45, 7) is 1.58.